The lowest BCUT2D eigenvalue weighted by molar-refractivity contribution is -0.0437. The fraction of sp³-hybridized carbons (Fsp3) is 0.600. The van der Waals surface area contributed by atoms with E-state index in [-0.39, 0.29) is 18.6 Å². The van der Waals surface area contributed by atoms with Crippen molar-refractivity contribution in [1.29, 1.82) is 0 Å². The van der Waals surface area contributed by atoms with Crippen LogP contribution in [0.25, 0.3) is 0 Å². The summed E-state index contributed by atoms with van der Waals surface area (Å²) < 4.78 is 7.37. The lowest BCUT2D eigenvalue weighted by atomic mass is 9.94. The number of rotatable bonds is 2. The van der Waals surface area contributed by atoms with Gasteiger partial charge in [-0.05, 0) is 34.8 Å². The van der Waals surface area contributed by atoms with E-state index in [0.29, 0.717) is 0 Å². The number of hydrogen-bond acceptors (Lipinski definition) is 3. The third-order valence-corrected chi connectivity index (χ3v) is 5.16. The molecular formula is C10H12BrClO2S. The predicted molar refractivity (Wildman–Crippen MR) is 65.5 cm³/mol. The molecule has 1 aliphatic rings. The lowest BCUT2D eigenvalue weighted by Crippen LogP contribution is -2.24. The first-order valence-corrected chi connectivity index (χ1v) is 6.88. The molecule has 15 heavy (non-hydrogen) atoms. The normalized spacial score (nSPS) is 26.9. The molecule has 0 saturated carbocycles. The third kappa shape index (κ3) is 2.56. The Morgan fingerprint density at radius 1 is 1.67 bits per heavy atom. The largest absolute Gasteiger partial charge is 0.396 e. The maximum absolute atomic E-state index is 9.28. The summed E-state index contributed by atoms with van der Waals surface area (Å²) in [4.78, 5) is 1.10. The fourth-order valence-electron chi connectivity index (χ4n) is 1.85. The van der Waals surface area contributed by atoms with Crippen molar-refractivity contribution in [1.82, 2.24) is 0 Å². The summed E-state index contributed by atoms with van der Waals surface area (Å²) in [6, 6.07) is 1.99. The van der Waals surface area contributed by atoms with Crippen molar-refractivity contribution in [2.75, 3.05) is 13.2 Å². The Labute approximate surface area is 106 Å². The number of ether oxygens (including phenoxy) is 1. The zero-order valence-electron chi connectivity index (χ0n) is 8.08. The van der Waals surface area contributed by atoms with Crippen LogP contribution >= 0.6 is 38.9 Å². The minimum absolute atomic E-state index is 0.0116. The molecule has 84 valence electrons. The highest BCUT2D eigenvalue weighted by Crippen LogP contribution is 2.41. The molecule has 0 aliphatic carbocycles. The molecule has 2 rings (SSSR count). The number of aliphatic hydroxyl groups is 1. The van der Waals surface area contributed by atoms with Gasteiger partial charge in [-0.15, -0.1) is 11.3 Å². The highest BCUT2D eigenvalue weighted by Gasteiger charge is 2.28. The molecule has 0 bridgehead atoms. The standard InChI is InChI=1S/C10H12BrClO2S/c11-7-4-8(15-10(7)12)9-6(5-13)2-1-3-14-9/h4,6,9,13H,1-3,5H2. The van der Waals surface area contributed by atoms with Gasteiger partial charge < -0.3 is 9.84 Å². The SMILES string of the molecule is OCC1CCCOC1c1cc(Br)c(Cl)s1. The molecule has 5 heteroatoms. The van der Waals surface area contributed by atoms with Gasteiger partial charge in [-0.3, -0.25) is 0 Å². The van der Waals surface area contributed by atoms with E-state index in [2.05, 4.69) is 15.9 Å². The molecule has 0 amide bonds. The minimum atomic E-state index is 0.0116. The van der Waals surface area contributed by atoms with Gasteiger partial charge in [-0.2, -0.15) is 0 Å². The second-order valence-electron chi connectivity index (χ2n) is 3.65. The van der Waals surface area contributed by atoms with E-state index in [1.807, 2.05) is 6.07 Å². The fourth-order valence-corrected chi connectivity index (χ4v) is 3.73. The predicted octanol–water partition coefficient (Wildman–Crippen LogP) is 3.62. The summed E-state index contributed by atoms with van der Waals surface area (Å²) in [7, 11) is 0. The maximum Gasteiger partial charge on any atom is 0.107 e. The summed E-state index contributed by atoms with van der Waals surface area (Å²) in [6.45, 7) is 0.951. The maximum atomic E-state index is 9.28. The first kappa shape index (κ1) is 11.9. The molecule has 1 aromatic heterocycles. The zero-order chi connectivity index (χ0) is 10.8. The molecule has 2 unspecified atom stereocenters. The molecule has 1 aliphatic heterocycles. The average Bonchev–Trinajstić information content (AvgIpc) is 2.59. The van der Waals surface area contributed by atoms with Gasteiger partial charge in [0.1, 0.15) is 4.34 Å². The Bertz CT molecular complexity index is 323. The molecule has 1 aromatic rings. The molecule has 2 atom stereocenters. The van der Waals surface area contributed by atoms with Gasteiger partial charge in [-0.1, -0.05) is 11.6 Å². The topological polar surface area (TPSA) is 29.5 Å². The van der Waals surface area contributed by atoms with E-state index in [1.54, 1.807) is 0 Å². The summed E-state index contributed by atoms with van der Waals surface area (Å²) in [5, 5.41) is 9.28. The molecule has 0 spiro atoms. The summed E-state index contributed by atoms with van der Waals surface area (Å²) >= 11 is 10.9. The second-order valence-corrected chi connectivity index (χ2v) is 6.19. The summed E-state index contributed by atoms with van der Waals surface area (Å²) in [5.41, 5.74) is 0. The van der Waals surface area contributed by atoms with Crippen molar-refractivity contribution < 1.29 is 9.84 Å². The number of aliphatic hydroxyl groups excluding tert-OH is 1. The smallest absolute Gasteiger partial charge is 0.107 e. The Balaban J connectivity index is 2.20. The van der Waals surface area contributed by atoms with Crippen LogP contribution in [0, 0.1) is 5.92 Å². The van der Waals surface area contributed by atoms with Crippen LogP contribution in [0.2, 0.25) is 4.34 Å². The van der Waals surface area contributed by atoms with Crippen molar-refractivity contribution in [2.45, 2.75) is 18.9 Å². The van der Waals surface area contributed by atoms with Gasteiger partial charge in [0.15, 0.2) is 0 Å². The van der Waals surface area contributed by atoms with E-state index in [4.69, 9.17) is 16.3 Å². The van der Waals surface area contributed by atoms with E-state index in [1.165, 1.54) is 11.3 Å². The van der Waals surface area contributed by atoms with Crippen LogP contribution in [-0.2, 0) is 4.74 Å². The molecule has 2 heterocycles. The van der Waals surface area contributed by atoms with Crippen LogP contribution in [0.4, 0.5) is 0 Å². The van der Waals surface area contributed by atoms with Gasteiger partial charge in [-0.25, -0.2) is 0 Å². The van der Waals surface area contributed by atoms with Crippen LogP contribution in [-0.4, -0.2) is 18.3 Å². The lowest BCUT2D eigenvalue weighted by Gasteiger charge is -2.29. The zero-order valence-corrected chi connectivity index (χ0v) is 11.2. The van der Waals surface area contributed by atoms with Crippen molar-refractivity contribution >= 4 is 38.9 Å². The Morgan fingerprint density at radius 2 is 2.47 bits per heavy atom. The molecule has 1 fully saturated rings. The highest BCUT2D eigenvalue weighted by molar-refractivity contribution is 9.10. The molecule has 1 N–H and O–H groups in total. The van der Waals surface area contributed by atoms with Crippen molar-refractivity contribution in [3.05, 3.63) is 19.8 Å². The number of hydrogen-bond donors (Lipinski definition) is 1. The molecule has 1 saturated heterocycles. The van der Waals surface area contributed by atoms with Gasteiger partial charge in [0.2, 0.25) is 0 Å². The van der Waals surface area contributed by atoms with Crippen LogP contribution in [0.5, 0.6) is 0 Å². The molecule has 2 nitrogen and oxygen atoms in total. The molecule has 0 aromatic carbocycles. The highest BCUT2D eigenvalue weighted by atomic mass is 79.9. The first-order valence-electron chi connectivity index (χ1n) is 4.89. The minimum Gasteiger partial charge on any atom is -0.396 e. The first-order chi connectivity index (χ1) is 7.22. The Kier molecular flexibility index (Phi) is 4.07. The number of halogens is 2. The van der Waals surface area contributed by atoms with Crippen LogP contribution in [0.15, 0.2) is 10.5 Å². The Hall–Kier alpha value is 0.390. The second kappa shape index (κ2) is 5.15. The average molecular weight is 312 g/mol. The van der Waals surface area contributed by atoms with E-state index < -0.39 is 0 Å². The molecular weight excluding hydrogens is 300 g/mol. The van der Waals surface area contributed by atoms with Gasteiger partial charge >= 0.3 is 0 Å². The van der Waals surface area contributed by atoms with Crippen LogP contribution < -0.4 is 0 Å². The van der Waals surface area contributed by atoms with Gasteiger partial charge in [0, 0.05) is 28.5 Å². The van der Waals surface area contributed by atoms with Gasteiger partial charge in [0.25, 0.3) is 0 Å². The molecule has 0 radical (unpaired) electrons. The quantitative estimate of drug-likeness (QED) is 0.904. The van der Waals surface area contributed by atoms with E-state index in [9.17, 15) is 5.11 Å². The van der Waals surface area contributed by atoms with Crippen molar-refractivity contribution in [3.8, 4) is 0 Å². The van der Waals surface area contributed by atoms with Crippen LogP contribution in [0.1, 0.15) is 23.8 Å². The van der Waals surface area contributed by atoms with E-state index in [0.717, 1.165) is 33.1 Å². The number of thiophene rings is 1. The summed E-state index contributed by atoms with van der Waals surface area (Å²) in [6.07, 6.45) is 2.06. The Morgan fingerprint density at radius 3 is 3.07 bits per heavy atom. The van der Waals surface area contributed by atoms with Crippen molar-refractivity contribution in [3.63, 3.8) is 0 Å². The van der Waals surface area contributed by atoms with Crippen LogP contribution in [0.3, 0.4) is 0 Å². The third-order valence-electron chi connectivity index (χ3n) is 2.62. The summed E-state index contributed by atoms with van der Waals surface area (Å²) in [5.74, 6) is 0.209. The monoisotopic (exact) mass is 310 g/mol. The van der Waals surface area contributed by atoms with Gasteiger partial charge in [0.05, 0.1) is 6.10 Å². The van der Waals surface area contributed by atoms with Crippen molar-refractivity contribution in [2.24, 2.45) is 5.92 Å². The van der Waals surface area contributed by atoms with E-state index >= 15 is 0 Å².